The van der Waals surface area contributed by atoms with Gasteiger partial charge in [0.1, 0.15) is 0 Å². The molecule has 3 aromatic carbocycles. The van der Waals surface area contributed by atoms with Crippen LogP contribution < -0.4 is 5.56 Å². The van der Waals surface area contributed by atoms with E-state index in [1.165, 1.54) is 29.1 Å². The van der Waals surface area contributed by atoms with Gasteiger partial charge in [0.2, 0.25) is 0 Å². The SMILES string of the molecule is O=c1c2cc([N+](=O)[O-])ccc2ncn1Cc1cn(-c2ccccc2)nc1-c1ccccc1. The van der Waals surface area contributed by atoms with Gasteiger partial charge in [0.25, 0.3) is 11.2 Å². The fourth-order valence-corrected chi connectivity index (χ4v) is 3.63. The highest BCUT2D eigenvalue weighted by atomic mass is 16.6. The quantitative estimate of drug-likeness (QED) is 0.312. The number of para-hydroxylation sites is 1. The van der Waals surface area contributed by atoms with Gasteiger partial charge in [-0.15, -0.1) is 0 Å². The van der Waals surface area contributed by atoms with Gasteiger partial charge in [-0.05, 0) is 18.2 Å². The van der Waals surface area contributed by atoms with Crippen molar-refractivity contribution >= 4 is 16.6 Å². The van der Waals surface area contributed by atoms with Crippen molar-refractivity contribution in [3.8, 4) is 16.9 Å². The Labute approximate surface area is 182 Å². The van der Waals surface area contributed by atoms with E-state index in [2.05, 4.69) is 4.98 Å². The molecule has 5 aromatic rings. The molecule has 0 atom stereocenters. The Bertz CT molecular complexity index is 1490. The molecule has 0 radical (unpaired) electrons. The molecule has 0 aliphatic carbocycles. The molecule has 0 fully saturated rings. The van der Waals surface area contributed by atoms with E-state index < -0.39 is 4.92 Å². The van der Waals surface area contributed by atoms with Crippen LogP contribution >= 0.6 is 0 Å². The number of non-ortho nitro benzene ring substituents is 1. The fourth-order valence-electron chi connectivity index (χ4n) is 3.63. The van der Waals surface area contributed by atoms with Crippen LogP contribution in [0.4, 0.5) is 5.69 Å². The number of fused-ring (bicyclic) bond motifs is 1. The van der Waals surface area contributed by atoms with Crippen LogP contribution in [0.25, 0.3) is 27.8 Å². The molecule has 0 aliphatic rings. The lowest BCUT2D eigenvalue weighted by atomic mass is 10.1. The molecule has 8 nitrogen and oxygen atoms in total. The van der Waals surface area contributed by atoms with Crippen LogP contribution in [-0.4, -0.2) is 24.3 Å². The van der Waals surface area contributed by atoms with Crippen molar-refractivity contribution in [1.29, 1.82) is 0 Å². The zero-order chi connectivity index (χ0) is 22.1. The first-order valence-electron chi connectivity index (χ1n) is 9.93. The Morgan fingerprint density at radius 2 is 1.66 bits per heavy atom. The van der Waals surface area contributed by atoms with E-state index in [9.17, 15) is 14.9 Å². The van der Waals surface area contributed by atoms with Gasteiger partial charge in [-0.3, -0.25) is 19.5 Å². The van der Waals surface area contributed by atoms with Crippen molar-refractivity contribution in [2.45, 2.75) is 6.54 Å². The molecule has 0 bridgehead atoms. The number of aromatic nitrogens is 4. The molecule has 0 spiro atoms. The van der Waals surface area contributed by atoms with Crippen molar-refractivity contribution in [1.82, 2.24) is 19.3 Å². The van der Waals surface area contributed by atoms with Gasteiger partial charge >= 0.3 is 0 Å². The third kappa shape index (κ3) is 3.54. The van der Waals surface area contributed by atoms with Gasteiger partial charge in [0.05, 0.1) is 40.1 Å². The minimum absolute atomic E-state index is 0.143. The Morgan fingerprint density at radius 1 is 0.938 bits per heavy atom. The van der Waals surface area contributed by atoms with Crippen molar-refractivity contribution in [3.63, 3.8) is 0 Å². The summed E-state index contributed by atoms with van der Waals surface area (Å²) in [5.41, 5.74) is 3.33. The second kappa shape index (κ2) is 7.92. The molecule has 156 valence electrons. The van der Waals surface area contributed by atoms with Crippen LogP contribution in [0.3, 0.4) is 0 Å². The third-order valence-electron chi connectivity index (χ3n) is 5.22. The maximum absolute atomic E-state index is 13.1. The van der Waals surface area contributed by atoms with E-state index in [-0.39, 0.29) is 23.2 Å². The van der Waals surface area contributed by atoms with E-state index in [0.29, 0.717) is 5.52 Å². The summed E-state index contributed by atoms with van der Waals surface area (Å²) in [7, 11) is 0. The van der Waals surface area contributed by atoms with Gasteiger partial charge in [0, 0.05) is 29.5 Å². The van der Waals surface area contributed by atoms with Gasteiger partial charge < -0.3 is 0 Å². The van der Waals surface area contributed by atoms with Crippen LogP contribution in [-0.2, 0) is 6.54 Å². The number of hydrogen-bond acceptors (Lipinski definition) is 5. The summed E-state index contributed by atoms with van der Waals surface area (Å²) < 4.78 is 3.23. The molecule has 2 aromatic heterocycles. The Hall–Kier alpha value is -4.59. The monoisotopic (exact) mass is 423 g/mol. The van der Waals surface area contributed by atoms with Crippen molar-refractivity contribution < 1.29 is 4.92 Å². The molecule has 8 heteroatoms. The number of nitro benzene ring substituents is 1. The molecule has 0 saturated heterocycles. The predicted molar refractivity (Wildman–Crippen MR) is 121 cm³/mol. The number of nitrogens with zero attached hydrogens (tertiary/aromatic N) is 5. The third-order valence-corrected chi connectivity index (χ3v) is 5.22. The van der Waals surface area contributed by atoms with E-state index in [0.717, 1.165) is 22.5 Å². The molecule has 0 saturated carbocycles. The first-order chi connectivity index (χ1) is 15.6. The number of hydrogen-bond donors (Lipinski definition) is 0. The second-order valence-electron chi connectivity index (χ2n) is 7.29. The van der Waals surface area contributed by atoms with E-state index in [4.69, 9.17) is 5.10 Å². The summed E-state index contributed by atoms with van der Waals surface area (Å²) in [4.78, 5) is 28.0. The summed E-state index contributed by atoms with van der Waals surface area (Å²) in [5.74, 6) is 0. The lowest BCUT2D eigenvalue weighted by Crippen LogP contribution is -2.21. The predicted octanol–water partition coefficient (Wildman–Crippen LogP) is 4.21. The minimum Gasteiger partial charge on any atom is -0.294 e. The Balaban J connectivity index is 1.63. The number of nitro groups is 1. The first-order valence-corrected chi connectivity index (χ1v) is 9.93. The number of rotatable bonds is 5. The van der Waals surface area contributed by atoms with Crippen LogP contribution in [0.5, 0.6) is 0 Å². The van der Waals surface area contributed by atoms with Crippen LogP contribution in [0.15, 0.2) is 96.2 Å². The first kappa shape index (κ1) is 19.4. The molecule has 0 amide bonds. The smallest absolute Gasteiger partial charge is 0.270 e. The lowest BCUT2D eigenvalue weighted by molar-refractivity contribution is -0.384. The average molecular weight is 423 g/mol. The van der Waals surface area contributed by atoms with Crippen molar-refractivity contribution in [3.05, 3.63) is 117 Å². The average Bonchev–Trinajstić information content (AvgIpc) is 3.26. The van der Waals surface area contributed by atoms with E-state index in [1.807, 2.05) is 66.9 Å². The van der Waals surface area contributed by atoms with Gasteiger partial charge in [-0.2, -0.15) is 5.10 Å². The Kier molecular flexibility index (Phi) is 4.79. The topological polar surface area (TPSA) is 95.9 Å². The van der Waals surface area contributed by atoms with Crippen LogP contribution in [0, 0.1) is 10.1 Å². The molecule has 0 unspecified atom stereocenters. The second-order valence-corrected chi connectivity index (χ2v) is 7.29. The van der Waals surface area contributed by atoms with Gasteiger partial charge in [0.15, 0.2) is 0 Å². The van der Waals surface area contributed by atoms with Gasteiger partial charge in [-0.25, -0.2) is 9.67 Å². The molecule has 0 N–H and O–H groups in total. The standard InChI is InChI=1S/C24H17N5O3/c30-24-21-13-20(29(31)32)11-12-22(21)25-16-27(24)14-18-15-28(19-9-5-2-6-10-19)26-23(18)17-7-3-1-4-8-17/h1-13,15-16H,14H2. The molecule has 32 heavy (non-hydrogen) atoms. The maximum Gasteiger partial charge on any atom is 0.270 e. The summed E-state index contributed by atoms with van der Waals surface area (Å²) in [6, 6.07) is 23.5. The summed E-state index contributed by atoms with van der Waals surface area (Å²) in [5, 5.41) is 16.1. The molecule has 0 aliphatic heterocycles. The van der Waals surface area contributed by atoms with Crippen molar-refractivity contribution in [2.75, 3.05) is 0 Å². The normalized spacial score (nSPS) is 11.0. The zero-order valence-electron chi connectivity index (χ0n) is 16.8. The zero-order valence-corrected chi connectivity index (χ0v) is 16.8. The highest BCUT2D eigenvalue weighted by Crippen LogP contribution is 2.24. The van der Waals surface area contributed by atoms with E-state index >= 15 is 0 Å². The highest BCUT2D eigenvalue weighted by Gasteiger charge is 2.15. The minimum atomic E-state index is -0.520. The molecule has 5 rings (SSSR count). The summed E-state index contributed by atoms with van der Waals surface area (Å²) in [6.07, 6.45) is 3.35. The van der Waals surface area contributed by atoms with E-state index in [1.54, 1.807) is 4.68 Å². The molecule has 2 heterocycles. The van der Waals surface area contributed by atoms with Crippen molar-refractivity contribution in [2.24, 2.45) is 0 Å². The molecular formula is C24H17N5O3. The maximum atomic E-state index is 13.1. The number of benzene rings is 3. The summed E-state index contributed by atoms with van der Waals surface area (Å²) in [6.45, 7) is 0.224. The van der Waals surface area contributed by atoms with Gasteiger partial charge in [-0.1, -0.05) is 48.5 Å². The lowest BCUT2D eigenvalue weighted by Gasteiger charge is -2.07. The highest BCUT2D eigenvalue weighted by molar-refractivity contribution is 5.79. The largest absolute Gasteiger partial charge is 0.294 e. The van der Waals surface area contributed by atoms with Crippen LogP contribution in [0.1, 0.15) is 5.56 Å². The fraction of sp³-hybridized carbons (Fsp3) is 0.0417. The van der Waals surface area contributed by atoms with Crippen LogP contribution in [0.2, 0.25) is 0 Å². The summed E-state index contributed by atoms with van der Waals surface area (Å²) >= 11 is 0. The Morgan fingerprint density at radius 3 is 2.38 bits per heavy atom. The molecular weight excluding hydrogens is 406 g/mol.